The Balaban J connectivity index is 0.000000301. The molecular formula is C22H25F6N5O5. The molecule has 2 aromatic rings. The molecule has 2 saturated heterocycles. The van der Waals surface area contributed by atoms with Gasteiger partial charge in [0.1, 0.15) is 5.82 Å². The predicted molar refractivity (Wildman–Crippen MR) is 117 cm³/mol. The van der Waals surface area contributed by atoms with Gasteiger partial charge in [-0.2, -0.15) is 26.3 Å². The highest BCUT2D eigenvalue weighted by Gasteiger charge is 2.50. The van der Waals surface area contributed by atoms with Crippen molar-refractivity contribution in [3.8, 4) is 0 Å². The topological polar surface area (TPSA) is 129 Å². The number of aromatic nitrogens is 3. The fourth-order valence-corrected chi connectivity index (χ4v) is 3.98. The first-order valence-electron chi connectivity index (χ1n) is 11.0. The number of carboxylic acid groups (broad SMARTS) is 2. The number of imidazole rings is 1. The van der Waals surface area contributed by atoms with Gasteiger partial charge in [0.2, 0.25) is 5.91 Å². The molecule has 2 N–H and O–H groups in total. The molecule has 2 aliphatic heterocycles. The molecule has 0 radical (unpaired) electrons. The summed E-state index contributed by atoms with van der Waals surface area (Å²) in [4.78, 5) is 43.7. The number of carbonyl (C=O) groups is 3. The summed E-state index contributed by atoms with van der Waals surface area (Å²) in [6.45, 7) is 4.17. The summed E-state index contributed by atoms with van der Waals surface area (Å²) in [6.07, 6.45) is -0.832. The fraction of sp³-hybridized carbons (Fsp3) is 0.500. The average Bonchev–Trinajstić information content (AvgIpc) is 3.51. The molecule has 16 heteroatoms. The zero-order valence-corrected chi connectivity index (χ0v) is 20.0. The molecule has 1 atom stereocenters. The van der Waals surface area contributed by atoms with Gasteiger partial charge < -0.3 is 19.7 Å². The Morgan fingerprint density at radius 3 is 2.05 bits per heavy atom. The molecule has 4 heterocycles. The van der Waals surface area contributed by atoms with Gasteiger partial charge in [0.25, 0.3) is 0 Å². The highest BCUT2D eigenvalue weighted by atomic mass is 19.4. The highest BCUT2D eigenvalue weighted by Crippen LogP contribution is 2.41. The number of amides is 1. The number of nitrogens with zero attached hydrogens (tertiary/aromatic N) is 5. The lowest BCUT2D eigenvalue weighted by atomic mass is 9.85. The molecule has 0 aromatic carbocycles. The quantitative estimate of drug-likeness (QED) is 0.554. The number of carbonyl (C=O) groups excluding carboxylic acids is 1. The molecule has 1 unspecified atom stereocenters. The number of pyridine rings is 1. The summed E-state index contributed by atoms with van der Waals surface area (Å²) in [5.41, 5.74) is 0.915. The van der Waals surface area contributed by atoms with E-state index in [-0.39, 0.29) is 5.41 Å². The fourth-order valence-electron chi connectivity index (χ4n) is 3.98. The number of hydrogen-bond acceptors (Lipinski definition) is 6. The third kappa shape index (κ3) is 8.43. The molecule has 2 aromatic heterocycles. The van der Waals surface area contributed by atoms with E-state index >= 15 is 0 Å². The lowest BCUT2D eigenvalue weighted by molar-refractivity contribution is -0.193. The van der Waals surface area contributed by atoms with E-state index in [0.29, 0.717) is 12.5 Å². The van der Waals surface area contributed by atoms with E-state index in [1.165, 1.54) is 0 Å². The summed E-state index contributed by atoms with van der Waals surface area (Å²) in [6, 6.07) is 3.96. The number of hydrogen-bond donors (Lipinski definition) is 2. The van der Waals surface area contributed by atoms with Crippen LogP contribution < -0.4 is 0 Å². The Kier molecular flexibility index (Phi) is 9.83. The molecular weight excluding hydrogens is 528 g/mol. The van der Waals surface area contributed by atoms with E-state index < -0.39 is 24.3 Å². The number of aliphatic carboxylic acids is 2. The van der Waals surface area contributed by atoms with Crippen LogP contribution in [-0.4, -0.2) is 84.4 Å². The monoisotopic (exact) mass is 553 g/mol. The van der Waals surface area contributed by atoms with Gasteiger partial charge in [0.15, 0.2) is 0 Å². The first kappa shape index (κ1) is 30.5. The van der Waals surface area contributed by atoms with Crippen LogP contribution in [0.5, 0.6) is 0 Å². The Morgan fingerprint density at radius 1 is 1.00 bits per heavy atom. The van der Waals surface area contributed by atoms with E-state index in [2.05, 4.69) is 19.4 Å². The third-order valence-corrected chi connectivity index (χ3v) is 5.90. The van der Waals surface area contributed by atoms with Gasteiger partial charge in [0.05, 0.1) is 12.0 Å². The lowest BCUT2D eigenvalue weighted by Gasteiger charge is -2.23. The number of alkyl halides is 6. The van der Waals surface area contributed by atoms with Gasteiger partial charge in [-0.3, -0.25) is 14.7 Å². The summed E-state index contributed by atoms with van der Waals surface area (Å²) in [5.74, 6) is -4.14. The molecule has 10 nitrogen and oxygen atoms in total. The number of aryl methyl sites for hydroxylation is 1. The zero-order valence-electron chi connectivity index (χ0n) is 20.0. The van der Waals surface area contributed by atoms with Crippen molar-refractivity contribution in [1.29, 1.82) is 0 Å². The zero-order chi connectivity index (χ0) is 28.7. The summed E-state index contributed by atoms with van der Waals surface area (Å²) < 4.78 is 65.5. The number of carboxylic acids is 2. The van der Waals surface area contributed by atoms with E-state index in [1.807, 2.05) is 42.7 Å². The molecule has 210 valence electrons. The minimum atomic E-state index is -5.08. The van der Waals surface area contributed by atoms with Crippen molar-refractivity contribution in [3.63, 3.8) is 0 Å². The SMILES string of the molecule is Cn1ccnc1CN1CCC2(CCN(Cc3cccnc3)C2=O)C1.O=C(O)C(F)(F)F.O=C(O)C(F)(F)F. The van der Waals surface area contributed by atoms with Crippen molar-refractivity contribution < 1.29 is 50.9 Å². The molecule has 2 fully saturated rings. The molecule has 4 rings (SSSR count). The van der Waals surface area contributed by atoms with Crippen LogP contribution in [0.25, 0.3) is 0 Å². The van der Waals surface area contributed by atoms with E-state index in [1.54, 1.807) is 6.20 Å². The normalized spacial score (nSPS) is 19.6. The molecule has 0 aliphatic carbocycles. The second-order valence-corrected chi connectivity index (χ2v) is 8.64. The van der Waals surface area contributed by atoms with Crippen molar-refractivity contribution in [2.24, 2.45) is 12.5 Å². The van der Waals surface area contributed by atoms with Gasteiger partial charge in [-0.15, -0.1) is 0 Å². The summed E-state index contributed by atoms with van der Waals surface area (Å²) in [7, 11) is 2.02. The van der Waals surface area contributed by atoms with Gasteiger partial charge in [-0.25, -0.2) is 14.6 Å². The maximum absolute atomic E-state index is 13.0. The van der Waals surface area contributed by atoms with Gasteiger partial charge >= 0.3 is 24.3 Å². The van der Waals surface area contributed by atoms with Crippen LogP contribution in [0.2, 0.25) is 0 Å². The molecule has 0 bridgehead atoms. The molecule has 38 heavy (non-hydrogen) atoms. The first-order chi connectivity index (χ1) is 17.5. The van der Waals surface area contributed by atoms with Crippen molar-refractivity contribution in [3.05, 3.63) is 48.3 Å². The third-order valence-electron chi connectivity index (χ3n) is 5.90. The van der Waals surface area contributed by atoms with Crippen LogP contribution in [0.15, 0.2) is 36.9 Å². The molecule has 1 amide bonds. The van der Waals surface area contributed by atoms with E-state index in [9.17, 15) is 31.1 Å². The minimum Gasteiger partial charge on any atom is -0.475 e. The number of likely N-dealkylation sites (tertiary alicyclic amines) is 2. The van der Waals surface area contributed by atoms with E-state index in [0.717, 1.165) is 50.4 Å². The average molecular weight is 553 g/mol. The smallest absolute Gasteiger partial charge is 0.475 e. The van der Waals surface area contributed by atoms with Gasteiger partial charge in [-0.1, -0.05) is 6.07 Å². The Hall–Kier alpha value is -3.69. The van der Waals surface area contributed by atoms with Gasteiger partial charge in [0, 0.05) is 51.5 Å². The van der Waals surface area contributed by atoms with Crippen LogP contribution in [0.3, 0.4) is 0 Å². The van der Waals surface area contributed by atoms with Crippen molar-refractivity contribution in [2.75, 3.05) is 19.6 Å². The Morgan fingerprint density at radius 2 is 1.58 bits per heavy atom. The summed E-state index contributed by atoms with van der Waals surface area (Å²) in [5, 5.41) is 14.2. The summed E-state index contributed by atoms with van der Waals surface area (Å²) >= 11 is 0. The standard InChI is InChI=1S/C18H23N5O.2C2HF3O2/c1-21-10-7-20-16(21)13-22-8-4-18(14-22)5-9-23(17(18)24)12-15-3-2-6-19-11-15;2*3-2(4,5)1(6)7/h2-3,6-7,10-11H,4-5,8-9,12-14H2,1H3;2*(H,6,7). The van der Waals surface area contributed by atoms with Crippen LogP contribution in [0.4, 0.5) is 26.3 Å². The second kappa shape index (κ2) is 12.2. The van der Waals surface area contributed by atoms with Crippen LogP contribution in [-0.2, 0) is 34.5 Å². The van der Waals surface area contributed by atoms with Crippen molar-refractivity contribution in [1.82, 2.24) is 24.3 Å². The molecule has 2 aliphatic rings. The highest BCUT2D eigenvalue weighted by molar-refractivity contribution is 5.85. The lowest BCUT2D eigenvalue weighted by Crippen LogP contribution is -2.36. The predicted octanol–water partition coefficient (Wildman–Crippen LogP) is 2.71. The number of rotatable bonds is 4. The molecule has 0 saturated carbocycles. The van der Waals surface area contributed by atoms with Crippen LogP contribution >= 0.6 is 0 Å². The maximum atomic E-state index is 13.0. The van der Waals surface area contributed by atoms with E-state index in [4.69, 9.17) is 19.8 Å². The largest absolute Gasteiger partial charge is 0.490 e. The second-order valence-electron chi connectivity index (χ2n) is 8.64. The van der Waals surface area contributed by atoms with Crippen LogP contribution in [0, 0.1) is 5.41 Å². The Labute approximate surface area is 212 Å². The van der Waals surface area contributed by atoms with Crippen LogP contribution in [0.1, 0.15) is 24.2 Å². The Bertz CT molecular complexity index is 1080. The maximum Gasteiger partial charge on any atom is 0.490 e. The van der Waals surface area contributed by atoms with Crippen molar-refractivity contribution >= 4 is 17.8 Å². The van der Waals surface area contributed by atoms with Crippen molar-refractivity contribution in [2.45, 2.75) is 38.3 Å². The molecule has 1 spiro atoms. The minimum absolute atomic E-state index is 0.187. The number of halogens is 6. The van der Waals surface area contributed by atoms with Gasteiger partial charge in [-0.05, 0) is 31.0 Å². The first-order valence-corrected chi connectivity index (χ1v) is 11.0.